The highest BCUT2D eigenvalue weighted by Gasteiger charge is 2.31. The van der Waals surface area contributed by atoms with Gasteiger partial charge in [-0.15, -0.1) is 34.0 Å². The summed E-state index contributed by atoms with van der Waals surface area (Å²) in [7, 11) is -1.74. The van der Waals surface area contributed by atoms with Crippen LogP contribution in [0, 0.1) is 0 Å². The molecule has 43 heavy (non-hydrogen) atoms. The summed E-state index contributed by atoms with van der Waals surface area (Å²) in [4.78, 5) is 3.55. The maximum Gasteiger partial charge on any atom is 0.327 e. The number of rotatable bonds is 6. The van der Waals surface area contributed by atoms with Crippen LogP contribution in [-0.4, -0.2) is 36.2 Å². The summed E-state index contributed by atoms with van der Waals surface area (Å²) in [6.45, 7) is 20.1. The minimum atomic E-state index is -1.74. The fraction of sp³-hybridized carbons (Fsp3) is 0.364. The molecule has 6 nitrogen and oxygen atoms in total. The summed E-state index contributed by atoms with van der Waals surface area (Å²) in [6.07, 6.45) is 0. The monoisotopic (exact) mass is 627 g/mol. The van der Waals surface area contributed by atoms with Crippen LogP contribution in [0.15, 0.2) is 70.7 Å². The first-order valence-electron chi connectivity index (χ1n) is 14.8. The summed E-state index contributed by atoms with van der Waals surface area (Å²) in [6, 6.07) is 19.7. The molecular formula is C33H40BN6S3-. The minimum Gasteiger partial charge on any atom is -0.395 e. The average molecular weight is 628 g/mol. The van der Waals surface area contributed by atoms with Crippen molar-refractivity contribution in [2.24, 2.45) is 0 Å². The first kappa shape index (κ1) is 29.8. The zero-order valence-corrected chi connectivity index (χ0v) is 29.0. The van der Waals surface area contributed by atoms with Gasteiger partial charge >= 0.3 is 7.12 Å². The highest BCUT2D eigenvalue weighted by Crippen LogP contribution is 2.36. The molecule has 6 rings (SSSR count). The van der Waals surface area contributed by atoms with Crippen molar-refractivity contribution >= 4 is 41.1 Å². The quantitative estimate of drug-likeness (QED) is 0.173. The number of hydrogen-bond acceptors (Lipinski definition) is 6. The van der Waals surface area contributed by atoms with E-state index in [1.807, 2.05) is 0 Å². The van der Waals surface area contributed by atoms with Gasteiger partial charge in [0.15, 0.2) is 0 Å². The van der Waals surface area contributed by atoms with Crippen molar-refractivity contribution in [2.75, 3.05) is 0 Å². The van der Waals surface area contributed by atoms with E-state index in [1.165, 1.54) is 14.6 Å². The van der Waals surface area contributed by atoms with Gasteiger partial charge in [-0.3, -0.25) is 0 Å². The van der Waals surface area contributed by atoms with Crippen LogP contribution in [0.2, 0.25) is 0 Å². The van der Waals surface area contributed by atoms with Gasteiger partial charge in [0.2, 0.25) is 0 Å². The van der Waals surface area contributed by atoms with Crippen LogP contribution < -0.4 is 0 Å². The van der Waals surface area contributed by atoms with Crippen molar-refractivity contribution in [2.45, 2.75) is 78.6 Å². The Morgan fingerprint density at radius 3 is 0.977 bits per heavy atom. The summed E-state index contributed by atoms with van der Waals surface area (Å²) in [5, 5.41) is 22.7. The first-order valence-corrected chi connectivity index (χ1v) is 17.4. The molecule has 224 valence electrons. The van der Waals surface area contributed by atoms with Gasteiger partial charge in [-0.1, -0.05) is 80.5 Å². The lowest BCUT2D eigenvalue weighted by Gasteiger charge is -2.32. The highest BCUT2D eigenvalue weighted by molar-refractivity contribution is 7.14. The van der Waals surface area contributed by atoms with Crippen molar-refractivity contribution in [1.82, 2.24) is 29.1 Å². The molecule has 6 aromatic heterocycles. The normalized spacial score (nSPS) is 13.0. The molecule has 0 aliphatic heterocycles. The van der Waals surface area contributed by atoms with Crippen LogP contribution in [0.1, 0.15) is 79.4 Å². The Kier molecular flexibility index (Phi) is 7.46. The van der Waals surface area contributed by atoms with E-state index in [9.17, 15) is 0 Å². The molecular weight excluding hydrogens is 587 g/mol. The lowest BCUT2D eigenvalue weighted by molar-refractivity contribution is 0.552. The van der Waals surface area contributed by atoms with Crippen LogP contribution in [0.3, 0.4) is 0 Å². The molecule has 0 atom stereocenters. The van der Waals surface area contributed by atoms with Crippen molar-refractivity contribution in [3.8, 4) is 31.7 Å². The lowest BCUT2D eigenvalue weighted by Crippen LogP contribution is -2.45. The molecule has 0 saturated heterocycles. The van der Waals surface area contributed by atoms with E-state index in [1.54, 1.807) is 34.0 Å². The van der Waals surface area contributed by atoms with E-state index < -0.39 is 7.12 Å². The van der Waals surface area contributed by atoms with E-state index in [0.717, 1.165) is 34.2 Å². The third kappa shape index (κ3) is 5.72. The minimum absolute atomic E-state index is 0.129. The number of aromatic nitrogens is 6. The largest absolute Gasteiger partial charge is 0.395 e. The van der Waals surface area contributed by atoms with Crippen LogP contribution in [0.4, 0.5) is 0 Å². The maximum absolute atomic E-state index is 5.42. The molecule has 6 heterocycles. The predicted octanol–water partition coefficient (Wildman–Crippen LogP) is 9.02. The van der Waals surface area contributed by atoms with E-state index in [2.05, 4.69) is 147 Å². The SMILES string of the molecule is CC(C)(C)c1cc(-c2cccs2)n([BH-](n2nc(C(C)(C)C)cc2-c2cccs2)n2nc(C(C)(C)C)cc2-c2cccs2)n1. The molecule has 0 spiro atoms. The third-order valence-corrected chi connectivity index (χ3v) is 10.4. The smallest absolute Gasteiger partial charge is 0.327 e. The zero-order chi connectivity index (χ0) is 30.7. The predicted molar refractivity (Wildman–Crippen MR) is 186 cm³/mol. The van der Waals surface area contributed by atoms with Crippen LogP contribution in [0.25, 0.3) is 31.7 Å². The lowest BCUT2D eigenvalue weighted by atomic mass is 9.91. The Morgan fingerprint density at radius 1 is 0.488 bits per heavy atom. The topological polar surface area (TPSA) is 53.5 Å². The summed E-state index contributed by atoms with van der Waals surface area (Å²) >= 11 is 5.23. The second-order valence-electron chi connectivity index (χ2n) is 14.3. The molecule has 0 aliphatic carbocycles. The standard InChI is InChI=1S/C33H40BN6S3/c1-31(2,3)28-19-22(25-13-10-16-41-25)38(35-28)34(39-23(26-14-11-17-42-26)20-29(36-39)32(4,5)6)40-24(27-15-12-18-43-27)21-30(37-40)33(7,8)9/h10-21,34H,1-9H3/q-1. The molecule has 10 heteroatoms. The fourth-order valence-electron chi connectivity index (χ4n) is 5.25. The summed E-state index contributed by atoms with van der Waals surface area (Å²) in [5.74, 6) is 0. The van der Waals surface area contributed by atoms with Crippen LogP contribution in [-0.2, 0) is 16.2 Å². The Morgan fingerprint density at radius 2 is 0.767 bits per heavy atom. The van der Waals surface area contributed by atoms with Gasteiger partial charge in [0.1, 0.15) is 0 Å². The third-order valence-electron chi connectivity index (χ3n) is 7.77. The molecule has 0 unspecified atom stereocenters. The van der Waals surface area contributed by atoms with Gasteiger partial charge in [0.05, 0.1) is 17.1 Å². The molecule has 6 aromatic rings. The molecule has 0 radical (unpaired) electrons. The molecule has 0 aliphatic rings. The number of hydrogen-bond donors (Lipinski definition) is 0. The molecule has 0 aromatic carbocycles. The molecule has 0 saturated carbocycles. The maximum atomic E-state index is 5.42. The van der Waals surface area contributed by atoms with Gasteiger partial charge < -0.3 is 13.8 Å². The van der Waals surface area contributed by atoms with E-state index in [0.29, 0.717) is 0 Å². The Hall–Kier alpha value is -3.21. The van der Waals surface area contributed by atoms with Crippen molar-refractivity contribution in [1.29, 1.82) is 0 Å². The van der Waals surface area contributed by atoms with Gasteiger partial charge in [0.25, 0.3) is 0 Å². The van der Waals surface area contributed by atoms with Gasteiger partial charge in [0, 0.05) is 48.0 Å². The molecule has 0 N–H and O–H groups in total. The van der Waals surface area contributed by atoms with Gasteiger partial charge in [-0.05, 0) is 52.5 Å². The van der Waals surface area contributed by atoms with E-state index >= 15 is 0 Å². The molecule has 0 bridgehead atoms. The fourth-order valence-corrected chi connectivity index (χ4v) is 7.48. The van der Waals surface area contributed by atoms with E-state index in [4.69, 9.17) is 15.3 Å². The number of thiophene rings is 3. The van der Waals surface area contributed by atoms with Gasteiger partial charge in [-0.25, -0.2) is 15.3 Å². The highest BCUT2D eigenvalue weighted by atomic mass is 32.1. The van der Waals surface area contributed by atoms with E-state index in [-0.39, 0.29) is 16.2 Å². The molecule has 0 amide bonds. The zero-order valence-electron chi connectivity index (χ0n) is 26.5. The van der Waals surface area contributed by atoms with Crippen LogP contribution in [0.5, 0.6) is 0 Å². The summed E-state index contributed by atoms with van der Waals surface area (Å²) in [5.41, 5.74) is 6.04. The Balaban J connectivity index is 1.73. The summed E-state index contributed by atoms with van der Waals surface area (Å²) < 4.78 is 6.71. The van der Waals surface area contributed by atoms with Crippen molar-refractivity contribution in [3.05, 3.63) is 87.8 Å². The van der Waals surface area contributed by atoms with Gasteiger partial charge in [-0.2, -0.15) is 0 Å². The first-order chi connectivity index (χ1) is 20.2. The second kappa shape index (κ2) is 10.8. The molecule has 0 fully saturated rings. The Labute approximate surface area is 267 Å². The van der Waals surface area contributed by atoms with Crippen LogP contribution >= 0.6 is 34.0 Å². The van der Waals surface area contributed by atoms with Crippen molar-refractivity contribution in [3.63, 3.8) is 0 Å². The Bertz CT molecular complexity index is 1600. The average Bonchev–Trinajstić information content (AvgIpc) is 3.76. The number of nitrogens with zero attached hydrogens (tertiary/aromatic N) is 6. The second-order valence-corrected chi connectivity index (χ2v) is 17.2. The van der Waals surface area contributed by atoms with Crippen molar-refractivity contribution < 1.29 is 0 Å².